The fourth-order valence-electron chi connectivity index (χ4n) is 8.84. The number of nitrogen functional groups attached to an aromatic ring is 1. The third-order valence-electron chi connectivity index (χ3n) is 12.4. The van der Waals surface area contributed by atoms with Gasteiger partial charge in [-0.3, -0.25) is 23.7 Å². The van der Waals surface area contributed by atoms with Crippen LogP contribution >= 0.6 is 0 Å². The van der Waals surface area contributed by atoms with Crippen molar-refractivity contribution >= 4 is 33.2 Å². The second-order valence-electron chi connectivity index (χ2n) is 16.2. The van der Waals surface area contributed by atoms with E-state index in [1.165, 1.54) is 0 Å². The largest absolute Gasteiger partial charge is 0.492 e. The third kappa shape index (κ3) is 8.27. The van der Waals surface area contributed by atoms with Gasteiger partial charge in [-0.25, -0.2) is 9.59 Å². The Morgan fingerprint density at radius 1 is 0.746 bits per heavy atom. The Balaban J connectivity index is 0.000000179. The van der Waals surface area contributed by atoms with E-state index in [4.69, 9.17) is 25.8 Å². The lowest BCUT2D eigenvalue weighted by molar-refractivity contribution is 0.404. The van der Waals surface area contributed by atoms with Crippen LogP contribution in [0, 0.1) is 34.5 Å². The van der Waals surface area contributed by atoms with Crippen LogP contribution in [0.25, 0.3) is 21.8 Å². The first-order valence-corrected chi connectivity index (χ1v) is 20.7. The van der Waals surface area contributed by atoms with Crippen molar-refractivity contribution in [1.29, 1.82) is 10.5 Å². The van der Waals surface area contributed by atoms with Gasteiger partial charge >= 0.3 is 11.4 Å². The van der Waals surface area contributed by atoms with Crippen molar-refractivity contribution in [3.63, 3.8) is 0 Å². The lowest BCUT2D eigenvalue weighted by Gasteiger charge is -2.25. The Morgan fingerprint density at radius 3 is 1.69 bits per heavy atom. The number of fused-ring (bicyclic) bond motifs is 2. The molecule has 0 bridgehead atoms. The van der Waals surface area contributed by atoms with E-state index in [-0.39, 0.29) is 23.3 Å². The van der Waals surface area contributed by atoms with Gasteiger partial charge in [-0.05, 0) is 88.5 Å². The van der Waals surface area contributed by atoms with E-state index >= 15 is 0 Å². The number of methoxy groups -OCH3 is 2. The van der Waals surface area contributed by atoms with E-state index in [1.54, 1.807) is 35.5 Å². The molecule has 8 rings (SSSR count). The number of aromatic nitrogens is 4. The summed E-state index contributed by atoms with van der Waals surface area (Å²) in [6.45, 7) is 9.14. The van der Waals surface area contributed by atoms with Gasteiger partial charge in [-0.2, -0.15) is 15.2 Å². The Labute approximate surface area is 341 Å². The van der Waals surface area contributed by atoms with E-state index in [1.807, 2.05) is 12.1 Å². The standard InChI is InChI=1S/C21H28N6O3.C21H27N5O3/c1-13(24-10-3-9-22)14-8-11-25(12-14)17-7-6-16-18(19(17)30-2)26(15-4-5-15)21(29)27(23)20(16)28;1-13(23-10-3-9-22)14-8-11-25(12-14)17-7-6-16-18(19(17)29-2)26(15-4-5-15)21(28)24-20(16)27/h6-7,13-15,24H,3-5,8,10-12,23H2,1-2H3;6-7,13-15,23H,3-5,8,10-12H2,1-2H3,(H,24,27,28). The number of H-pyrrole nitrogens is 1. The number of nitrogens with two attached hydrogens (primary N) is 1. The van der Waals surface area contributed by atoms with Gasteiger partial charge in [-0.15, -0.1) is 0 Å². The molecule has 17 nitrogen and oxygen atoms in total. The van der Waals surface area contributed by atoms with Gasteiger partial charge in [0.05, 0.1) is 48.5 Å². The Bertz CT molecular complexity index is 2520. The number of nitrogens with one attached hydrogen (secondary N) is 3. The van der Waals surface area contributed by atoms with Crippen LogP contribution in [0.5, 0.6) is 11.5 Å². The van der Waals surface area contributed by atoms with E-state index < -0.39 is 11.2 Å². The maximum atomic E-state index is 12.8. The minimum absolute atomic E-state index is 0.0511. The number of anilines is 2. The molecule has 2 saturated carbocycles. The van der Waals surface area contributed by atoms with Crippen LogP contribution in [0.1, 0.15) is 77.3 Å². The molecule has 2 aromatic heterocycles. The number of aromatic amines is 1. The van der Waals surface area contributed by atoms with Crippen LogP contribution < -0.4 is 58.2 Å². The number of nitriles is 2. The summed E-state index contributed by atoms with van der Waals surface area (Å²) in [4.78, 5) is 57.3. The summed E-state index contributed by atoms with van der Waals surface area (Å²) in [5, 5.41) is 25.2. The highest BCUT2D eigenvalue weighted by atomic mass is 16.5. The maximum Gasteiger partial charge on any atom is 0.350 e. The van der Waals surface area contributed by atoms with E-state index in [2.05, 4.69) is 51.4 Å². The molecule has 2 aliphatic carbocycles. The average Bonchev–Trinajstić information content (AvgIpc) is 4.15. The molecule has 0 amide bonds. The van der Waals surface area contributed by atoms with Gasteiger partial charge in [0, 0.05) is 76.3 Å². The first kappa shape index (κ1) is 41.4. The van der Waals surface area contributed by atoms with E-state index in [9.17, 15) is 19.2 Å². The summed E-state index contributed by atoms with van der Waals surface area (Å²) in [6, 6.07) is 12.5. The van der Waals surface area contributed by atoms with Crippen molar-refractivity contribution < 1.29 is 9.47 Å². The molecule has 4 aromatic rings. The van der Waals surface area contributed by atoms with Crippen molar-refractivity contribution in [1.82, 2.24) is 29.4 Å². The summed E-state index contributed by atoms with van der Waals surface area (Å²) in [7, 11) is 3.17. The first-order valence-electron chi connectivity index (χ1n) is 20.7. The molecule has 314 valence electrons. The van der Waals surface area contributed by atoms with Crippen molar-refractivity contribution in [2.24, 2.45) is 11.8 Å². The number of benzene rings is 2. The highest BCUT2D eigenvalue weighted by Gasteiger charge is 2.35. The lowest BCUT2D eigenvalue weighted by atomic mass is 10.0. The number of nitrogens with zero attached hydrogens (tertiary/aromatic N) is 7. The Kier molecular flexibility index (Phi) is 12.3. The third-order valence-corrected chi connectivity index (χ3v) is 12.4. The SMILES string of the molecule is COc1c(N2CCC(C(C)NCCC#N)C2)ccc2c(=O)[nH]c(=O)n(C3CC3)c12.COc1c(N2CCC(C(C)NCCC#N)C2)ccc2c(=O)n(N)c(=O)n(C3CC3)c12. The zero-order valence-electron chi connectivity index (χ0n) is 34.3. The van der Waals surface area contributed by atoms with Gasteiger partial charge < -0.3 is 35.7 Å². The fraction of sp³-hybridized carbons (Fsp3) is 0.571. The van der Waals surface area contributed by atoms with E-state index in [0.29, 0.717) is 87.8 Å². The second-order valence-corrected chi connectivity index (χ2v) is 16.2. The van der Waals surface area contributed by atoms with Gasteiger partial charge in [0.25, 0.3) is 11.1 Å². The van der Waals surface area contributed by atoms with Crippen LogP contribution in [0.4, 0.5) is 11.4 Å². The van der Waals surface area contributed by atoms with Crippen molar-refractivity contribution in [2.45, 2.75) is 89.4 Å². The van der Waals surface area contributed by atoms with Gasteiger partial charge in [-0.1, -0.05) is 0 Å². The molecular formula is C42H55N11O6. The summed E-state index contributed by atoms with van der Waals surface area (Å²) in [6.07, 6.45) is 6.70. The van der Waals surface area contributed by atoms with Crippen LogP contribution in [0.2, 0.25) is 0 Å². The quantitative estimate of drug-likeness (QED) is 0.106. The average molecular weight is 810 g/mol. The van der Waals surface area contributed by atoms with Crippen LogP contribution in [0.3, 0.4) is 0 Å². The molecule has 0 spiro atoms. The van der Waals surface area contributed by atoms with Crippen LogP contribution in [-0.2, 0) is 0 Å². The van der Waals surface area contributed by atoms with Crippen molar-refractivity contribution in [3.05, 3.63) is 65.9 Å². The van der Waals surface area contributed by atoms with Gasteiger partial charge in [0.2, 0.25) is 0 Å². The van der Waals surface area contributed by atoms with Crippen molar-refractivity contribution in [3.8, 4) is 23.6 Å². The Hall–Kier alpha value is -5.78. The molecule has 4 fully saturated rings. The summed E-state index contributed by atoms with van der Waals surface area (Å²) in [5.74, 6) is 7.81. The summed E-state index contributed by atoms with van der Waals surface area (Å²) >= 11 is 0. The highest BCUT2D eigenvalue weighted by Crippen LogP contribution is 2.43. The molecule has 4 atom stereocenters. The zero-order valence-corrected chi connectivity index (χ0v) is 34.3. The lowest BCUT2D eigenvalue weighted by Crippen LogP contribution is -2.44. The minimum Gasteiger partial charge on any atom is -0.492 e. The summed E-state index contributed by atoms with van der Waals surface area (Å²) < 4.78 is 15.6. The number of hydrogen-bond acceptors (Lipinski definition) is 13. The smallest absolute Gasteiger partial charge is 0.350 e. The van der Waals surface area contributed by atoms with Crippen molar-refractivity contribution in [2.75, 3.05) is 69.1 Å². The molecule has 4 aliphatic rings. The van der Waals surface area contributed by atoms with Crippen LogP contribution in [-0.4, -0.2) is 84.4 Å². The normalized spacial score (nSPS) is 19.9. The molecule has 17 heteroatoms. The molecule has 2 saturated heterocycles. The molecule has 59 heavy (non-hydrogen) atoms. The van der Waals surface area contributed by atoms with E-state index in [0.717, 1.165) is 76.1 Å². The highest BCUT2D eigenvalue weighted by molar-refractivity contribution is 5.91. The molecular weight excluding hydrogens is 755 g/mol. The van der Waals surface area contributed by atoms with Gasteiger partial charge in [0.1, 0.15) is 11.0 Å². The molecule has 2 aliphatic heterocycles. The predicted octanol–water partition coefficient (Wildman–Crippen LogP) is 2.69. The molecule has 4 unspecified atom stereocenters. The zero-order chi connectivity index (χ0) is 42.0. The molecule has 0 radical (unpaired) electrons. The molecule has 2 aromatic carbocycles. The van der Waals surface area contributed by atoms with Gasteiger partial charge in [0.15, 0.2) is 11.5 Å². The Morgan fingerprint density at radius 2 is 1.22 bits per heavy atom. The number of hydrogen-bond donors (Lipinski definition) is 4. The second kappa shape index (κ2) is 17.6. The first-order chi connectivity index (χ1) is 28.5. The molecule has 5 N–H and O–H groups in total. The van der Waals surface area contributed by atoms with Crippen LogP contribution in [0.15, 0.2) is 43.4 Å². The minimum atomic E-state index is -0.508. The monoisotopic (exact) mass is 809 g/mol. The summed E-state index contributed by atoms with van der Waals surface area (Å²) in [5.41, 5.74) is 1.21. The predicted molar refractivity (Wildman–Crippen MR) is 227 cm³/mol. The fourth-order valence-corrected chi connectivity index (χ4v) is 8.84. The topological polar surface area (TPSA) is 221 Å². The number of ether oxygens (including phenoxy) is 2. The maximum absolute atomic E-state index is 12.8. The number of rotatable bonds is 14. The molecule has 4 heterocycles.